The molecule has 3 rings (SSSR count). The number of nitrogens with zero attached hydrogens (tertiary/aromatic N) is 3. The monoisotopic (exact) mass is 257 g/mol. The van der Waals surface area contributed by atoms with E-state index in [0.717, 1.165) is 56.4 Å². The third-order valence-corrected chi connectivity index (χ3v) is 3.44. The number of aromatic amines is 1. The Labute approximate surface area is 113 Å². The molecule has 2 aromatic rings. The van der Waals surface area contributed by atoms with Crippen LogP contribution in [0.3, 0.4) is 0 Å². The summed E-state index contributed by atoms with van der Waals surface area (Å²) in [6.45, 7) is 5.47. The number of aromatic nitrogens is 3. The maximum atomic E-state index is 4.56. The Kier molecular flexibility index (Phi) is 3.86. The Morgan fingerprint density at radius 3 is 2.68 bits per heavy atom. The van der Waals surface area contributed by atoms with E-state index in [1.807, 2.05) is 30.3 Å². The summed E-state index contributed by atoms with van der Waals surface area (Å²) in [7, 11) is 0. The largest absolute Gasteiger partial charge is 0.314 e. The molecule has 2 heterocycles. The highest BCUT2D eigenvalue weighted by Gasteiger charge is 2.11. The molecule has 0 atom stereocenters. The highest BCUT2D eigenvalue weighted by molar-refractivity contribution is 5.53. The van der Waals surface area contributed by atoms with Gasteiger partial charge in [-0.15, -0.1) is 0 Å². The van der Waals surface area contributed by atoms with Crippen LogP contribution in [0.15, 0.2) is 30.3 Å². The molecule has 1 aromatic heterocycles. The van der Waals surface area contributed by atoms with Crippen molar-refractivity contribution in [2.24, 2.45) is 0 Å². The van der Waals surface area contributed by atoms with E-state index in [-0.39, 0.29) is 0 Å². The first kappa shape index (κ1) is 12.3. The normalized spacial score (nSPS) is 16.6. The lowest BCUT2D eigenvalue weighted by Crippen LogP contribution is -2.44. The van der Waals surface area contributed by atoms with Crippen LogP contribution in [-0.4, -0.2) is 52.8 Å². The summed E-state index contributed by atoms with van der Waals surface area (Å²) in [6, 6.07) is 10.1. The van der Waals surface area contributed by atoms with Crippen molar-refractivity contribution in [2.45, 2.75) is 6.42 Å². The standard InChI is InChI=1S/C14H19N5/c1-2-4-12(5-3-1)14-16-13(17-18-14)6-9-19-10-7-15-8-11-19/h1-5,15H,6-11H2,(H,16,17,18). The summed E-state index contributed by atoms with van der Waals surface area (Å²) < 4.78 is 0. The van der Waals surface area contributed by atoms with Gasteiger partial charge < -0.3 is 10.2 Å². The zero-order valence-electron chi connectivity index (χ0n) is 11.0. The fourth-order valence-electron chi connectivity index (χ4n) is 2.32. The van der Waals surface area contributed by atoms with E-state index in [9.17, 15) is 0 Å². The van der Waals surface area contributed by atoms with Crippen LogP contribution in [-0.2, 0) is 6.42 Å². The minimum Gasteiger partial charge on any atom is -0.314 e. The molecule has 19 heavy (non-hydrogen) atoms. The number of nitrogens with one attached hydrogen (secondary N) is 2. The molecule has 0 radical (unpaired) electrons. The van der Waals surface area contributed by atoms with Crippen molar-refractivity contribution in [3.63, 3.8) is 0 Å². The van der Waals surface area contributed by atoms with E-state index in [1.165, 1.54) is 0 Å². The fraction of sp³-hybridized carbons (Fsp3) is 0.429. The van der Waals surface area contributed by atoms with E-state index in [0.29, 0.717) is 0 Å². The molecule has 0 saturated carbocycles. The van der Waals surface area contributed by atoms with Crippen molar-refractivity contribution in [1.29, 1.82) is 0 Å². The maximum Gasteiger partial charge on any atom is 0.181 e. The van der Waals surface area contributed by atoms with Gasteiger partial charge in [-0.05, 0) is 0 Å². The molecule has 0 spiro atoms. The van der Waals surface area contributed by atoms with Crippen molar-refractivity contribution in [3.8, 4) is 11.4 Å². The first-order valence-corrected chi connectivity index (χ1v) is 6.81. The average Bonchev–Trinajstić information content (AvgIpc) is 2.96. The lowest BCUT2D eigenvalue weighted by atomic mass is 10.2. The van der Waals surface area contributed by atoms with Crippen LogP contribution < -0.4 is 5.32 Å². The molecule has 100 valence electrons. The first-order chi connectivity index (χ1) is 9.42. The van der Waals surface area contributed by atoms with Gasteiger partial charge in [-0.3, -0.25) is 5.10 Å². The average molecular weight is 257 g/mol. The van der Waals surface area contributed by atoms with Crippen LogP contribution in [0, 0.1) is 0 Å². The van der Waals surface area contributed by atoms with Crippen LogP contribution in [0.1, 0.15) is 5.82 Å². The number of H-pyrrole nitrogens is 1. The molecular formula is C14H19N5. The molecule has 0 aliphatic carbocycles. The molecule has 1 fully saturated rings. The predicted molar refractivity (Wildman–Crippen MR) is 74.8 cm³/mol. The second-order valence-electron chi connectivity index (χ2n) is 4.81. The predicted octanol–water partition coefficient (Wildman–Crippen LogP) is 0.919. The molecule has 0 bridgehead atoms. The summed E-state index contributed by atoms with van der Waals surface area (Å²) in [5, 5.41) is 10.7. The number of piperazine rings is 1. The van der Waals surface area contributed by atoms with Gasteiger partial charge in [-0.25, -0.2) is 4.98 Å². The van der Waals surface area contributed by atoms with Crippen LogP contribution in [0.2, 0.25) is 0 Å². The molecule has 2 N–H and O–H groups in total. The fourth-order valence-corrected chi connectivity index (χ4v) is 2.32. The van der Waals surface area contributed by atoms with Crippen LogP contribution in [0.25, 0.3) is 11.4 Å². The Bertz CT molecular complexity index is 502. The topological polar surface area (TPSA) is 56.8 Å². The van der Waals surface area contributed by atoms with Gasteiger partial charge in [-0.1, -0.05) is 30.3 Å². The van der Waals surface area contributed by atoms with Gasteiger partial charge in [-0.2, -0.15) is 5.10 Å². The molecule has 5 heteroatoms. The highest BCUT2D eigenvalue weighted by atomic mass is 15.2. The molecule has 1 saturated heterocycles. The zero-order chi connectivity index (χ0) is 12.9. The lowest BCUT2D eigenvalue weighted by Gasteiger charge is -2.26. The Morgan fingerprint density at radius 2 is 1.89 bits per heavy atom. The van der Waals surface area contributed by atoms with Gasteiger partial charge >= 0.3 is 0 Å². The van der Waals surface area contributed by atoms with Gasteiger partial charge in [0.25, 0.3) is 0 Å². The highest BCUT2D eigenvalue weighted by Crippen LogP contribution is 2.13. The minimum atomic E-state index is 0.788. The molecule has 0 unspecified atom stereocenters. The summed E-state index contributed by atoms with van der Waals surface area (Å²) >= 11 is 0. The molecule has 5 nitrogen and oxygen atoms in total. The van der Waals surface area contributed by atoms with Crippen LogP contribution in [0.5, 0.6) is 0 Å². The number of rotatable bonds is 4. The summed E-state index contributed by atoms with van der Waals surface area (Å²) in [5.41, 5.74) is 1.06. The second kappa shape index (κ2) is 5.95. The van der Waals surface area contributed by atoms with Gasteiger partial charge in [0.05, 0.1) is 0 Å². The summed E-state index contributed by atoms with van der Waals surface area (Å²) in [6.07, 6.45) is 0.930. The third-order valence-electron chi connectivity index (χ3n) is 3.44. The van der Waals surface area contributed by atoms with Crippen molar-refractivity contribution >= 4 is 0 Å². The number of hydrogen-bond donors (Lipinski definition) is 2. The first-order valence-electron chi connectivity index (χ1n) is 6.81. The van der Waals surface area contributed by atoms with Crippen molar-refractivity contribution < 1.29 is 0 Å². The van der Waals surface area contributed by atoms with Gasteiger partial charge in [0.2, 0.25) is 0 Å². The van der Waals surface area contributed by atoms with Crippen LogP contribution >= 0.6 is 0 Å². The SMILES string of the molecule is c1ccc(-c2n[nH]c(CCN3CCNCC3)n2)cc1. The molecule has 0 amide bonds. The quantitative estimate of drug-likeness (QED) is 0.855. The van der Waals surface area contributed by atoms with Crippen molar-refractivity contribution in [3.05, 3.63) is 36.2 Å². The van der Waals surface area contributed by atoms with E-state index in [4.69, 9.17) is 0 Å². The van der Waals surface area contributed by atoms with E-state index in [1.54, 1.807) is 0 Å². The molecule has 1 aliphatic rings. The lowest BCUT2D eigenvalue weighted by molar-refractivity contribution is 0.242. The van der Waals surface area contributed by atoms with Crippen molar-refractivity contribution in [2.75, 3.05) is 32.7 Å². The van der Waals surface area contributed by atoms with E-state index < -0.39 is 0 Å². The van der Waals surface area contributed by atoms with Gasteiger partial charge in [0.15, 0.2) is 5.82 Å². The Balaban J connectivity index is 1.59. The maximum absolute atomic E-state index is 4.56. The second-order valence-corrected chi connectivity index (χ2v) is 4.81. The van der Waals surface area contributed by atoms with Gasteiger partial charge in [0, 0.05) is 44.7 Å². The molecule has 1 aromatic carbocycles. The van der Waals surface area contributed by atoms with Crippen molar-refractivity contribution in [1.82, 2.24) is 25.4 Å². The van der Waals surface area contributed by atoms with E-state index >= 15 is 0 Å². The molecule has 1 aliphatic heterocycles. The van der Waals surface area contributed by atoms with E-state index in [2.05, 4.69) is 25.4 Å². The smallest absolute Gasteiger partial charge is 0.181 e. The Hall–Kier alpha value is -1.72. The van der Waals surface area contributed by atoms with Gasteiger partial charge in [0.1, 0.15) is 5.82 Å². The summed E-state index contributed by atoms with van der Waals surface area (Å²) in [5.74, 6) is 1.76. The zero-order valence-corrected chi connectivity index (χ0v) is 11.0. The van der Waals surface area contributed by atoms with Crippen LogP contribution in [0.4, 0.5) is 0 Å². The molecular weight excluding hydrogens is 238 g/mol. The Morgan fingerprint density at radius 1 is 1.11 bits per heavy atom. The number of benzene rings is 1. The summed E-state index contributed by atoms with van der Waals surface area (Å²) in [4.78, 5) is 7.02. The third kappa shape index (κ3) is 3.19. The number of hydrogen-bond acceptors (Lipinski definition) is 4. The minimum absolute atomic E-state index is 0.788.